The summed E-state index contributed by atoms with van der Waals surface area (Å²) in [5.41, 5.74) is 5.72. The summed E-state index contributed by atoms with van der Waals surface area (Å²) in [5.74, 6) is -2.16. The molecule has 2 aromatic carbocycles. The van der Waals surface area contributed by atoms with Crippen LogP contribution in [0.5, 0.6) is 0 Å². The summed E-state index contributed by atoms with van der Waals surface area (Å²) in [6, 6.07) is 22.6. The van der Waals surface area contributed by atoms with Gasteiger partial charge in [0.1, 0.15) is 0 Å². The maximum absolute atomic E-state index is 13.0. The Hall–Kier alpha value is -5.51. The summed E-state index contributed by atoms with van der Waals surface area (Å²) in [5, 5.41) is 44.8. The van der Waals surface area contributed by atoms with Crippen LogP contribution in [0.1, 0.15) is 50.7 Å². The average Bonchev–Trinajstić information content (AvgIpc) is 2.92. The molecule has 0 saturated carbocycles. The van der Waals surface area contributed by atoms with Gasteiger partial charge < -0.3 is 10.6 Å². The van der Waals surface area contributed by atoms with E-state index >= 15 is 0 Å². The zero-order chi connectivity index (χ0) is 29.0. The fourth-order valence-electron chi connectivity index (χ4n) is 5.32. The Bertz CT molecular complexity index is 1560. The van der Waals surface area contributed by atoms with Gasteiger partial charge in [-0.3, -0.25) is 9.98 Å². The third-order valence-corrected chi connectivity index (χ3v) is 7.18. The fourth-order valence-corrected chi connectivity index (χ4v) is 5.32. The first-order chi connectivity index (χ1) is 19.2. The number of anilines is 2. The second-order valence-electron chi connectivity index (χ2n) is 9.73. The molecule has 40 heavy (non-hydrogen) atoms. The molecule has 4 unspecified atom stereocenters. The lowest BCUT2D eigenvalue weighted by Gasteiger charge is -2.27. The predicted molar refractivity (Wildman–Crippen MR) is 152 cm³/mol. The molecule has 196 valence electrons. The molecule has 4 atom stereocenters. The second-order valence-corrected chi connectivity index (χ2v) is 9.73. The Labute approximate surface area is 233 Å². The highest BCUT2D eigenvalue weighted by Crippen LogP contribution is 2.40. The minimum absolute atomic E-state index is 0.426. The van der Waals surface area contributed by atoms with E-state index in [4.69, 9.17) is 0 Å². The van der Waals surface area contributed by atoms with Crippen LogP contribution in [0.4, 0.5) is 16.2 Å². The molecular weight excluding hydrogens is 500 g/mol. The number of aliphatic imine (C=N–C) groups is 2. The number of nitrogens with one attached hydrogen (secondary N) is 2. The van der Waals surface area contributed by atoms with Crippen LogP contribution in [0.2, 0.25) is 0 Å². The molecule has 9 heteroatoms. The monoisotopic (exact) mass is 526 g/mol. The van der Waals surface area contributed by atoms with Gasteiger partial charge in [-0.25, -0.2) is 4.79 Å². The van der Waals surface area contributed by atoms with E-state index in [9.17, 15) is 25.8 Å². The first-order valence-corrected chi connectivity index (χ1v) is 12.6. The maximum Gasteiger partial charge on any atom is 0.323 e. The number of urea groups is 1. The van der Waals surface area contributed by atoms with Crippen molar-refractivity contribution < 1.29 is 4.79 Å². The molecule has 2 amide bonds. The van der Waals surface area contributed by atoms with Gasteiger partial charge in [-0.1, -0.05) is 24.3 Å². The van der Waals surface area contributed by atoms with E-state index in [-0.39, 0.29) is 0 Å². The summed E-state index contributed by atoms with van der Waals surface area (Å²) in [6.07, 6.45) is 0. The summed E-state index contributed by atoms with van der Waals surface area (Å²) in [7, 11) is 0. The van der Waals surface area contributed by atoms with Crippen LogP contribution in [0.3, 0.4) is 0 Å². The van der Waals surface area contributed by atoms with Crippen molar-refractivity contribution in [3.05, 3.63) is 82.2 Å². The molecule has 2 aliphatic rings. The quantitative estimate of drug-likeness (QED) is 0.475. The highest BCUT2D eigenvalue weighted by molar-refractivity contribution is 6.00. The van der Waals surface area contributed by atoms with Crippen LogP contribution >= 0.6 is 0 Å². The van der Waals surface area contributed by atoms with Gasteiger partial charge in [-0.15, -0.1) is 0 Å². The van der Waals surface area contributed by atoms with Crippen LogP contribution in [0.15, 0.2) is 81.1 Å². The van der Waals surface area contributed by atoms with E-state index < -0.39 is 29.7 Å². The van der Waals surface area contributed by atoms with E-state index in [1.54, 1.807) is 64.1 Å². The maximum atomic E-state index is 13.0. The largest absolute Gasteiger partial charge is 0.323 e. The lowest BCUT2D eigenvalue weighted by molar-refractivity contribution is 0.262. The highest BCUT2D eigenvalue weighted by Gasteiger charge is 2.35. The lowest BCUT2D eigenvalue weighted by atomic mass is 9.77. The minimum Gasteiger partial charge on any atom is -0.308 e. The van der Waals surface area contributed by atoms with Gasteiger partial charge in [-0.05, 0) is 63.1 Å². The normalized spacial score (nSPS) is 22.1. The number of nitriles is 4. The molecule has 9 nitrogen and oxygen atoms in total. The summed E-state index contributed by atoms with van der Waals surface area (Å²) >= 11 is 0. The Morgan fingerprint density at radius 1 is 0.700 bits per heavy atom. The molecule has 0 aliphatic carbocycles. The van der Waals surface area contributed by atoms with Crippen LogP contribution in [-0.4, -0.2) is 17.5 Å². The van der Waals surface area contributed by atoms with E-state index in [0.717, 1.165) is 11.1 Å². The zero-order valence-electron chi connectivity index (χ0n) is 22.5. The topological polar surface area (TPSA) is 161 Å². The van der Waals surface area contributed by atoms with Gasteiger partial charge in [0, 0.05) is 34.6 Å². The summed E-state index contributed by atoms with van der Waals surface area (Å²) in [6.45, 7) is 7.06. The first kappa shape index (κ1) is 27.5. The molecule has 4 rings (SSSR count). The number of rotatable bonds is 4. The van der Waals surface area contributed by atoms with Crippen LogP contribution in [-0.2, 0) is 0 Å². The van der Waals surface area contributed by atoms with Crippen molar-refractivity contribution in [1.82, 2.24) is 0 Å². The van der Waals surface area contributed by atoms with Crippen LogP contribution in [0, 0.1) is 57.2 Å². The van der Waals surface area contributed by atoms with Crippen LogP contribution in [0.25, 0.3) is 0 Å². The summed E-state index contributed by atoms with van der Waals surface area (Å²) < 4.78 is 0. The van der Waals surface area contributed by atoms with E-state index in [2.05, 4.69) is 44.9 Å². The Morgan fingerprint density at radius 2 is 1.10 bits per heavy atom. The van der Waals surface area contributed by atoms with E-state index in [0.29, 0.717) is 45.3 Å². The molecule has 0 saturated heterocycles. The van der Waals surface area contributed by atoms with Crippen molar-refractivity contribution in [2.24, 2.45) is 21.8 Å². The average molecular weight is 527 g/mol. The third kappa shape index (κ3) is 5.23. The first-order valence-electron chi connectivity index (χ1n) is 12.6. The van der Waals surface area contributed by atoms with Gasteiger partial charge in [0.2, 0.25) is 0 Å². The molecule has 2 N–H and O–H groups in total. The Balaban J connectivity index is 1.56. The Morgan fingerprint density at radius 3 is 1.45 bits per heavy atom. The smallest absolute Gasteiger partial charge is 0.308 e. The Kier molecular flexibility index (Phi) is 7.90. The lowest BCUT2D eigenvalue weighted by Crippen LogP contribution is -2.25. The van der Waals surface area contributed by atoms with Crippen molar-refractivity contribution in [2.75, 3.05) is 10.6 Å². The second kappa shape index (κ2) is 11.5. The predicted octanol–water partition coefficient (Wildman–Crippen LogP) is 6.32. The SMILES string of the molecule is CC1=NC(C)=C(C#N)C(c2cccc(NC(=O)Nc3cccc(C4C(C#N)=C(C)N=C(C)C4C#N)c3)c2)C1C#N. The van der Waals surface area contributed by atoms with Gasteiger partial charge in [0.25, 0.3) is 0 Å². The van der Waals surface area contributed by atoms with Crippen molar-refractivity contribution in [1.29, 1.82) is 21.0 Å². The van der Waals surface area contributed by atoms with Crippen LogP contribution < -0.4 is 10.6 Å². The number of benzene rings is 2. The van der Waals surface area contributed by atoms with Gasteiger partial charge in [0.05, 0.1) is 58.7 Å². The number of allylic oxidation sites excluding steroid dienone is 4. The van der Waals surface area contributed by atoms with Crippen molar-refractivity contribution in [3.63, 3.8) is 0 Å². The molecule has 2 aliphatic heterocycles. The minimum atomic E-state index is -0.591. The molecule has 2 aromatic rings. The standard InChI is InChI=1S/C31H26N8O/c1-17-25(13-32)29(26(14-33)18(2)36-17)21-7-5-9-23(11-21)38-31(40)39-24-10-6-8-22(12-24)30-27(15-34)19(3)37-20(4)28(30)16-35/h5-12,25,27,29-30H,1-4H3,(H2,38,39,40). The third-order valence-electron chi connectivity index (χ3n) is 7.18. The molecule has 0 bridgehead atoms. The van der Waals surface area contributed by atoms with Crippen molar-refractivity contribution in [2.45, 2.75) is 39.5 Å². The zero-order valence-corrected chi connectivity index (χ0v) is 22.5. The number of hydrogen-bond acceptors (Lipinski definition) is 7. The fraction of sp³-hybridized carbons (Fsp3) is 0.258. The van der Waals surface area contributed by atoms with Gasteiger partial charge in [-0.2, -0.15) is 21.0 Å². The van der Waals surface area contributed by atoms with Crippen molar-refractivity contribution in [3.8, 4) is 24.3 Å². The molecular formula is C31H26N8O. The van der Waals surface area contributed by atoms with Gasteiger partial charge >= 0.3 is 6.03 Å². The number of hydrogen-bond donors (Lipinski definition) is 2. The number of carbonyl (C=O) groups excluding carboxylic acids is 1. The molecule has 0 fully saturated rings. The number of nitrogens with zero attached hydrogens (tertiary/aromatic N) is 6. The molecule has 2 heterocycles. The molecule has 0 radical (unpaired) electrons. The molecule has 0 spiro atoms. The number of amides is 2. The van der Waals surface area contributed by atoms with E-state index in [1.165, 1.54) is 0 Å². The number of carbonyl (C=O) groups is 1. The van der Waals surface area contributed by atoms with E-state index in [1.807, 2.05) is 12.1 Å². The summed E-state index contributed by atoms with van der Waals surface area (Å²) in [4.78, 5) is 21.7. The highest BCUT2D eigenvalue weighted by atomic mass is 16.2. The van der Waals surface area contributed by atoms with Crippen molar-refractivity contribution >= 4 is 28.8 Å². The van der Waals surface area contributed by atoms with Gasteiger partial charge in [0.15, 0.2) is 0 Å². The molecule has 0 aromatic heterocycles.